The van der Waals surface area contributed by atoms with Gasteiger partial charge in [-0.05, 0) is 61.8 Å². The monoisotopic (exact) mass is 858 g/mol. The van der Waals surface area contributed by atoms with Crippen LogP contribution in [0.15, 0.2) is 48.8 Å². The molecule has 62 heavy (non-hydrogen) atoms. The fourth-order valence-electron chi connectivity index (χ4n) is 7.92. The molecule has 18 heteroatoms. The summed E-state index contributed by atoms with van der Waals surface area (Å²) in [4.78, 5) is 70.8. The summed E-state index contributed by atoms with van der Waals surface area (Å²) >= 11 is 0. The molecule has 2 aliphatic rings. The average molecular weight is 859 g/mol. The molecule has 0 spiro atoms. The molecule has 2 aromatic heterocycles. The highest BCUT2D eigenvalue weighted by atomic mass is 16.6. The van der Waals surface area contributed by atoms with E-state index in [0.717, 1.165) is 41.6 Å². The molecular formula is C44H58N8O10. The third-order valence-corrected chi connectivity index (χ3v) is 11.2. The number of rotatable bonds is 18. The number of carbonyl (C=O) groups is 4. The van der Waals surface area contributed by atoms with Crippen molar-refractivity contribution in [3.05, 3.63) is 60.4 Å². The first-order valence-corrected chi connectivity index (χ1v) is 20.9. The summed E-state index contributed by atoms with van der Waals surface area (Å²) < 4.78 is 33.0. The zero-order chi connectivity index (χ0) is 44.3. The molecule has 2 fully saturated rings. The van der Waals surface area contributed by atoms with E-state index >= 15 is 0 Å². The Morgan fingerprint density at radius 1 is 0.661 bits per heavy atom. The van der Waals surface area contributed by atoms with Crippen molar-refractivity contribution in [1.29, 1.82) is 0 Å². The summed E-state index contributed by atoms with van der Waals surface area (Å²) in [7, 11) is 5.75. The standard InChI is InChI=1S/C44H58N8O10/c1-26(2)36(50-44(56)60-7)42(54)52-19-9-11-35(52)39-45-24-32(48-39)29-14-12-28(13-15-29)30-16-17-31(38(62-23-21-58-5)37(30)61-22-20-57-4)33-25-46-40(49-33)34-10-8-18-51(34)41(53)27(3)47-43(55)59-6/h12-17,24-27,34-36H,8-11,18-23H2,1-7H3,(H,45,48)(H,46,49)(H,47,55)(H,50,56)/t27-,34-,35-,36-/m0/s1. The van der Waals surface area contributed by atoms with Crippen LogP contribution in [0.3, 0.4) is 0 Å². The molecule has 0 radical (unpaired) electrons. The zero-order valence-electron chi connectivity index (χ0n) is 36.4. The van der Waals surface area contributed by atoms with E-state index in [1.165, 1.54) is 14.2 Å². The van der Waals surface area contributed by atoms with Crippen molar-refractivity contribution in [1.82, 2.24) is 40.4 Å². The number of alkyl carbamates (subject to hydrolysis) is 2. The van der Waals surface area contributed by atoms with Gasteiger partial charge in [0.05, 0.1) is 63.3 Å². The Hall–Kier alpha value is -6.14. The summed E-state index contributed by atoms with van der Waals surface area (Å²) in [5, 5.41) is 5.26. The van der Waals surface area contributed by atoms with E-state index in [0.29, 0.717) is 67.1 Å². The molecule has 4 atom stereocenters. The quantitative estimate of drug-likeness (QED) is 0.0897. The summed E-state index contributed by atoms with van der Waals surface area (Å²) in [6, 6.07) is 9.84. The van der Waals surface area contributed by atoms with Crippen LogP contribution in [0, 0.1) is 5.92 Å². The molecule has 2 aliphatic heterocycles. The molecule has 6 rings (SSSR count). The highest BCUT2D eigenvalue weighted by Crippen LogP contribution is 2.46. The van der Waals surface area contributed by atoms with E-state index in [9.17, 15) is 19.2 Å². The summed E-state index contributed by atoms with van der Waals surface area (Å²) in [5.41, 5.74) is 4.72. The number of hydrogen-bond acceptors (Lipinski definition) is 12. The molecular weight excluding hydrogens is 801 g/mol. The lowest BCUT2D eigenvalue weighted by Crippen LogP contribution is -2.51. The minimum Gasteiger partial charge on any atom is -0.487 e. The average Bonchev–Trinajstić information content (AvgIpc) is 4.13. The van der Waals surface area contributed by atoms with Crippen molar-refractivity contribution in [3.63, 3.8) is 0 Å². The molecule has 334 valence electrons. The Morgan fingerprint density at radius 3 is 1.73 bits per heavy atom. The Morgan fingerprint density at radius 2 is 1.16 bits per heavy atom. The van der Waals surface area contributed by atoms with Crippen LogP contribution in [0.1, 0.15) is 70.2 Å². The molecule has 0 saturated carbocycles. The first-order valence-electron chi connectivity index (χ1n) is 20.9. The Bertz CT molecular complexity index is 2150. The molecule has 18 nitrogen and oxygen atoms in total. The van der Waals surface area contributed by atoms with Gasteiger partial charge in [-0.2, -0.15) is 0 Å². The van der Waals surface area contributed by atoms with Crippen LogP contribution < -0.4 is 20.1 Å². The van der Waals surface area contributed by atoms with Crippen LogP contribution in [0.4, 0.5) is 9.59 Å². The van der Waals surface area contributed by atoms with Crippen LogP contribution in [0.5, 0.6) is 11.5 Å². The van der Waals surface area contributed by atoms with Crippen LogP contribution in [0.2, 0.25) is 0 Å². The number of ether oxygens (including phenoxy) is 6. The number of amides is 4. The number of aromatic nitrogens is 4. The van der Waals surface area contributed by atoms with E-state index in [-0.39, 0.29) is 43.0 Å². The van der Waals surface area contributed by atoms with E-state index in [1.807, 2.05) is 50.2 Å². The number of methoxy groups -OCH3 is 4. The number of carbonyl (C=O) groups excluding carboxylic acids is 4. The summed E-state index contributed by atoms with van der Waals surface area (Å²) in [6.07, 6.45) is 5.22. The van der Waals surface area contributed by atoms with Gasteiger partial charge in [-0.25, -0.2) is 19.6 Å². The normalized spacial score (nSPS) is 17.2. The lowest BCUT2D eigenvalue weighted by molar-refractivity contribution is -0.135. The van der Waals surface area contributed by atoms with Crippen molar-refractivity contribution in [2.45, 2.75) is 70.6 Å². The number of H-pyrrole nitrogens is 2. The van der Waals surface area contributed by atoms with Crippen molar-refractivity contribution < 1.29 is 47.6 Å². The van der Waals surface area contributed by atoms with Gasteiger partial charge in [-0.1, -0.05) is 38.1 Å². The van der Waals surface area contributed by atoms with Crippen molar-refractivity contribution >= 4 is 24.0 Å². The molecule has 4 heterocycles. The highest BCUT2D eigenvalue weighted by molar-refractivity contribution is 5.87. The number of hydrogen-bond donors (Lipinski definition) is 4. The van der Waals surface area contributed by atoms with Crippen LogP contribution in [-0.2, 0) is 28.5 Å². The fourth-order valence-corrected chi connectivity index (χ4v) is 7.92. The van der Waals surface area contributed by atoms with Crippen molar-refractivity contribution in [2.75, 3.05) is 68.0 Å². The first-order chi connectivity index (χ1) is 30.0. The van der Waals surface area contributed by atoms with E-state index in [4.69, 9.17) is 38.4 Å². The van der Waals surface area contributed by atoms with Gasteiger partial charge in [-0.15, -0.1) is 0 Å². The fraction of sp³-hybridized carbons (Fsp3) is 0.500. The second kappa shape index (κ2) is 21.1. The van der Waals surface area contributed by atoms with Crippen LogP contribution >= 0.6 is 0 Å². The molecule has 0 aliphatic carbocycles. The Labute approximate surface area is 361 Å². The number of likely N-dealkylation sites (tertiary alicyclic amines) is 2. The third-order valence-electron chi connectivity index (χ3n) is 11.2. The molecule has 0 bridgehead atoms. The number of nitrogens with zero attached hydrogens (tertiary/aromatic N) is 4. The highest BCUT2D eigenvalue weighted by Gasteiger charge is 2.38. The third kappa shape index (κ3) is 10.3. The topological polar surface area (TPSA) is 212 Å². The number of benzene rings is 2. The number of imidazole rings is 2. The largest absolute Gasteiger partial charge is 0.487 e. The molecule has 0 unspecified atom stereocenters. The second-order valence-electron chi connectivity index (χ2n) is 15.5. The summed E-state index contributed by atoms with van der Waals surface area (Å²) in [6.45, 7) is 7.67. The number of nitrogens with one attached hydrogen (secondary N) is 4. The maximum absolute atomic E-state index is 13.7. The van der Waals surface area contributed by atoms with Gasteiger partial charge < -0.3 is 58.8 Å². The summed E-state index contributed by atoms with van der Waals surface area (Å²) in [5.74, 6) is 1.76. The molecule has 4 N–H and O–H groups in total. The van der Waals surface area contributed by atoms with E-state index in [1.54, 1.807) is 43.3 Å². The molecule has 2 aromatic carbocycles. The predicted molar refractivity (Wildman–Crippen MR) is 228 cm³/mol. The lowest BCUT2D eigenvalue weighted by atomic mass is 9.98. The number of aromatic amines is 2. The SMILES string of the molecule is COCCOc1c(-c2ccc(-c3cnc([C@@H]4CCCN4C(=O)[C@@H](NC(=O)OC)C(C)C)[nH]3)cc2)ccc(-c2cnc([C@@H]3CCCN3C(=O)[C@H](C)NC(=O)OC)[nH]2)c1OCCOC. The first kappa shape index (κ1) is 45.4. The molecule has 4 aromatic rings. The zero-order valence-corrected chi connectivity index (χ0v) is 36.4. The smallest absolute Gasteiger partial charge is 0.407 e. The van der Waals surface area contributed by atoms with Gasteiger partial charge >= 0.3 is 12.2 Å². The van der Waals surface area contributed by atoms with Crippen molar-refractivity contribution in [3.8, 4) is 45.1 Å². The minimum atomic E-state index is -0.773. The maximum Gasteiger partial charge on any atom is 0.407 e. The van der Waals surface area contributed by atoms with E-state index < -0.39 is 24.3 Å². The molecule has 2 saturated heterocycles. The van der Waals surface area contributed by atoms with Crippen LogP contribution in [-0.4, -0.2) is 134 Å². The van der Waals surface area contributed by atoms with E-state index in [2.05, 4.69) is 20.6 Å². The van der Waals surface area contributed by atoms with Gasteiger partial charge in [0.25, 0.3) is 0 Å². The lowest BCUT2D eigenvalue weighted by Gasteiger charge is -2.30. The van der Waals surface area contributed by atoms with Gasteiger partial charge in [-0.3, -0.25) is 9.59 Å². The second-order valence-corrected chi connectivity index (χ2v) is 15.5. The van der Waals surface area contributed by atoms with Gasteiger partial charge in [0.2, 0.25) is 11.8 Å². The maximum atomic E-state index is 13.7. The predicted octanol–water partition coefficient (Wildman–Crippen LogP) is 5.64. The van der Waals surface area contributed by atoms with Gasteiger partial charge in [0, 0.05) is 38.4 Å². The van der Waals surface area contributed by atoms with Gasteiger partial charge in [0.15, 0.2) is 11.5 Å². The van der Waals surface area contributed by atoms with Crippen molar-refractivity contribution in [2.24, 2.45) is 5.92 Å². The minimum absolute atomic E-state index is 0.137. The van der Waals surface area contributed by atoms with Crippen LogP contribution in [0.25, 0.3) is 33.6 Å². The Balaban J connectivity index is 1.27. The van der Waals surface area contributed by atoms with Gasteiger partial charge in [0.1, 0.15) is 36.9 Å². The Kier molecular flexibility index (Phi) is 15.4. The molecule has 4 amide bonds.